The van der Waals surface area contributed by atoms with Crippen LogP contribution in [-0.4, -0.2) is 44.4 Å². The van der Waals surface area contributed by atoms with Crippen LogP contribution in [-0.2, 0) is 23.1 Å². The fourth-order valence-corrected chi connectivity index (χ4v) is 6.66. The van der Waals surface area contributed by atoms with Crippen molar-refractivity contribution < 1.29 is 31.6 Å². The Labute approximate surface area is 204 Å². The number of benzene rings is 2. The van der Waals surface area contributed by atoms with Crippen molar-refractivity contribution in [2.75, 3.05) is 20.8 Å². The maximum absolute atomic E-state index is 13.8. The molecule has 186 valence electrons. The first kappa shape index (κ1) is 23.7. The van der Waals surface area contributed by atoms with Crippen LogP contribution in [0.4, 0.5) is 4.39 Å². The molecule has 0 bridgehead atoms. The van der Waals surface area contributed by atoms with Crippen molar-refractivity contribution in [2.24, 2.45) is 0 Å². The lowest BCUT2D eigenvalue weighted by Crippen LogP contribution is -2.41. The molecule has 3 unspecified atom stereocenters. The number of phenolic OH excluding ortho intramolecular Hbond substituents is 1. The molecule has 7 nitrogen and oxygen atoms in total. The molecule has 5 rings (SSSR count). The fourth-order valence-electron chi connectivity index (χ4n) is 5.47. The van der Waals surface area contributed by atoms with Gasteiger partial charge in [0.05, 0.1) is 14.2 Å². The normalized spacial score (nSPS) is 23.5. The highest BCUT2D eigenvalue weighted by Gasteiger charge is 2.40. The molecule has 1 N–H and O–H groups in total. The molecular weight excluding hydrogens is 473 g/mol. The molecule has 2 aromatic rings. The van der Waals surface area contributed by atoms with Gasteiger partial charge in [0.2, 0.25) is 0 Å². The van der Waals surface area contributed by atoms with Gasteiger partial charge in [-0.25, -0.2) is 4.39 Å². The highest BCUT2D eigenvalue weighted by molar-refractivity contribution is 7.87. The maximum atomic E-state index is 13.8. The van der Waals surface area contributed by atoms with Crippen LogP contribution in [0.5, 0.6) is 23.0 Å². The van der Waals surface area contributed by atoms with Crippen LogP contribution in [0, 0.1) is 0 Å². The molecular formula is C26H28FNO6S. The third kappa shape index (κ3) is 4.06. The summed E-state index contributed by atoms with van der Waals surface area (Å²) in [6.07, 6.45) is 4.56. The Bertz CT molecular complexity index is 1340. The van der Waals surface area contributed by atoms with E-state index in [0.717, 1.165) is 35.2 Å². The Hall–Kier alpha value is -3.04. The second-order valence-corrected chi connectivity index (χ2v) is 10.9. The van der Waals surface area contributed by atoms with Crippen molar-refractivity contribution in [1.29, 1.82) is 0 Å². The molecule has 2 aliphatic heterocycles. The average molecular weight is 502 g/mol. The highest BCUT2D eigenvalue weighted by atomic mass is 32.2. The van der Waals surface area contributed by atoms with E-state index in [1.165, 1.54) is 32.4 Å². The third-order valence-corrected chi connectivity index (χ3v) is 8.66. The van der Waals surface area contributed by atoms with Gasteiger partial charge >= 0.3 is 10.1 Å². The maximum Gasteiger partial charge on any atom is 0.316 e. The number of rotatable bonds is 5. The van der Waals surface area contributed by atoms with E-state index in [4.69, 9.17) is 13.7 Å². The molecule has 0 radical (unpaired) electrons. The molecule has 0 saturated heterocycles. The standard InChI is InChI=1S/C26H28FNO6S/c1-15-19-7-8-23(32-2)26(34-35(30,31)18-6-4-5-17(27)12-18)21(19)14-28-10-9-16-11-22(29)24(33-3)13-20(16)25(15)28/h4-8,11,13,15,18,25,29H,9-10,12,14H2,1-3H3. The predicted octanol–water partition coefficient (Wildman–Crippen LogP) is 4.52. The van der Waals surface area contributed by atoms with Crippen LogP contribution in [0.1, 0.15) is 47.6 Å². The van der Waals surface area contributed by atoms with Crippen LogP contribution < -0.4 is 13.7 Å². The van der Waals surface area contributed by atoms with Crippen LogP contribution in [0.15, 0.2) is 48.3 Å². The number of hydrogen-bond donors (Lipinski definition) is 1. The van der Waals surface area contributed by atoms with Gasteiger partial charge in [-0.3, -0.25) is 4.90 Å². The minimum Gasteiger partial charge on any atom is -0.504 e. The van der Waals surface area contributed by atoms with Gasteiger partial charge in [-0.15, -0.1) is 0 Å². The van der Waals surface area contributed by atoms with Gasteiger partial charge in [0.1, 0.15) is 11.1 Å². The zero-order valence-corrected chi connectivity index (χ0v) is 20.6. The molecule has 0 aromatic heterocycles. The summed E-state index contributed by atoms with van der Waals surface area (Å²) in [4.78, 5) is 2.29. The van der Waals surface area contributed by atoms with E-state index in [2.05, 4.69) is 11.8 Å². The Balaban J connectivity index is 1.55. The number of ether oxygens (including phenoxy) is 2. The molecule has 2 aromatic carbocycles. The van der Waals surface area contributed by atoms with E-state index in [9.17, 15) is 17.9 Å². The summed E-state index contributed by atoms with van der Waals surface area (Å²) in [5.41, 5.74) is 3.88. The summed E-state index contributed by atoms with van der Waals surface area (Å²) >= 11 is 0. The molecule has 0 saturated carbocycles. The first-order valence-corrected chi connectivity index (χ1v) is 13.0. The van der Waals surface area contributed by atoms with Crippen molar-refractivity contribution in [3.05, 3.63) is 70.6 Å². The van der Waals surface area contributed by atoms with E-state index < -0.39 is 21.2 Å². The molecule has 35 heavy (non-hydrogen) atoms. The number of hydrogen-bond acceptors (Lipinski definition) is 7. The topological polar surface area (TPSA) is 85.3 Å². The largest absolute Gasteiger partial charge is 0.504 e. The Kier molecular flexibility index (Phi) is 6.01. The first-order valence-electron chi connectivity index (χ1n) is 11.5. The zero-order valence-electron chi connectivity index (χ0n) is 19.8. The number of halogens is 1. The van der Waals surface area contributed by atoms with E-state index >= 15 is 0 Å². The average Bonchev–Trinajstić information content (AvgIpc) is 2.83. The Morgan fingerprint density at radius 3 is 2.60 bits per heavy atom. The number of methoxy groups -OCH3 is 2. The number of aromatic hydroxyl groups is 1. The smallest absolute Gasteiger partial charge is 0.316 e. The molecule has 0 spiro atoms. The number of fused-ring (bicyclic) bond motifs is 4. The third-order valence-electron chi connectivity index (χ3n) is 7.20. The van der Waals surface area contributed by atoms with Gasteiger partial charge in [-0.1, -0.05) is 25.1 Å². The van der Waals surface area contributed by atoms with Crippen molar-refractivity contribution >= 4 is 10.1 Å². The minimum atomic E-state index is -4.16. The number of nitrogens with zero attached hydrogens (tertiary/aromatic N) is 1. The van der Waals surface area contributed by atoms with Crippen LogP contribution in [0.2, 0.25) is 0 Å². The van der Waals surface area contributed by atoms with E-state index in [1.807, 2.05) is 12.1 Å². The van der Waals surface area contributed by atoms with Gasteiger partial charge in [0.15, 0.2) is 23.0 Å². The van der Waals surface area contributed by atoms with Crippen molar-refractivity contribution in [2.45, 2.75) is 43.5 Å². The van der Waals surface area contributed by atoms with Gasteiger partial charge in [-0.05, 0) is 47.4 Å². The molecule has 3 aliphatic rings. The van der Waals surface area contributed by atoms with E-state index in [1.54, 1.807) is 12.1 Å². The van der Waals surface area contributed by atoms with E-state index in [0.29, 0.717) is 18.0 Å². The summed E-state index contributed by atoms with van der Waals surface area (Å²) in [5, 5.41) is 9.15. The number of phenols is 1. The molecule has 0 amide bonds. The van der Waals surface area contributed by atoms with Gasteiger partial charge in [0.25, 0.3) is 0 Å². The summed E-state index contributed by atoms with van der Waals surface area (Å²) in [7, 11) is -1.16. The van der Waals surface area contributed by atoms with Crippen LogP contribution >= 0.6 is 0 Å². The summed E-state index contributed by atoms with van der Waals surface area (Å²) in [6, 6.07) is 7.36. The van der Waals surface area contributed by atoms with Crippen molar-refractivity contribution in [3.8, 4) is 23.0 Å². The molecule has 0 fully saturated rings. The zero-order chi connectivity index (χ0) is 24.9. The van der Waals surface area contributed by atoms with Gasteiger partial charge in [0, 0.05) is 37.0 Å². The molecule has 3 atom stereocenters. The Morgan fingerprint density at radius 1 is 1.11 bits per heavy atom. The quantitative estimate of drug-likeness (QED) is 0.603. The lowest BCUT2D eigenvalue weighted by molar-refractivity contribution is 0.137. The summed E-state index contributed by atoms with van der Waals surface area (Å²) in [5.74, 6) is 0.521. The van der Waals surface area contributed by atoms with Crippen molar-refractivity contribution in [3.63, 3.8) is 0 Å². The second kappa shape index (κ2) is 8.87. The Morgan fingerprint density at radius 2 is 1.89 bits per heavy atom. The summed E-state index contributed by atoms with van der Waals surface area (Å²) < 4.78 is 56.5. The lowest BCUT2D eigenvalue weighted by Gasteiger charge is -2.45. The second-order valence-electron chi connectivity index (χ2n) is 9.16. The molecule has 2 heterocycles. The number of allylic oxidation sites excluding steroid dienone is 3. The fraction of sp³-hybridized carbons (Fsp3) is 0.385. The molecule has 1 aliphatic carbocycles. The lowest BCUT2D eigenvalue weighted by atomic mass is 9.77. The van der Waals surface area contributed by atoms with Gasteiger partial charge in [-0.2, -0.15) is 8.42 Å². The van der Waals surface area contributed by atoms with Crippen LogP contribution in [0.3, 0.4) is 0 Å². The molecule has 9 heteroatoms. The summed E-state index contributed by atoms with van der Waals surface area (Å²) in [6.45, 7) is 3.29. The highest BCUT2D eigenvalue weighted by Crippen LogP contribution is 2.51. The van der Waals surface area contributed by atoms with E-state index in [-0.39, 0.29) is 29.9 Å². The van der Waals surface area contributed by atoms with Gasteiger partial charge < -0.3 is 18.8 Å². The van der Waals surface area contributed by atoms with Crippen molar-refractivity contribution in [1.82, 2.24) is 4.90 Å². The van der Waals surface area contributed by atoms with Crippen LogP contribution in [0.25, 0.3) is 0 Å². The monoisotopic (exact) mass is 501 g/mol. The predicted molar refractivity (Wildman–Crippen MR) is 129 cm³/mol. The SMILES string of the molecule is COc1cc2c(cc1O)CCN1Cc3c(ccc(OC)c3OS(=O)(=O)C3C=CC=C(F)C3)C(C)C21. The minimum absolute atomic E-state index is 0.00189. The first-order chi connectivity index (χ1) is 16.7.